The van der Waals surface area contributed by atoms with Crippen molar-refractivity contribution in [3.63, 3.8) is 0 Å². The molecular weight excluding hydrogens is 262 g/mol. The quantitative estimate of drug-likeness (QED) is 0.882. The average molecular weight is 278 g/mol. The van der Waals surface area contributed by atoms with E-state index in [0.29, 0.717) is 16.5 Å². The number of hydrogen-bond donors (Lipinski definition) is 2. The third-order valence-corrected chi connectivity index (χ3v) is 2.99. The number of anilines is 2. The number of nitrogen functional groups attached to an aromatic ring is 1. The maximum absolute atomic E-state index is 6.03. The number of nitrogens with one attached hydrogen (secondary N) is 1. The van der Waals surface area contributed by atoms with Gasteiger partial charge in [0.05, 0.1) is 24.0 Å². The molecule has 0 saturated heterocycles. The molecule has 19 heavy (non-hydrogen) atoms. The summed E-state index contributed by atoms with van der Waals surface area (Å²) in [4.78, 5) is 4.15. The van der Waals surface area contributed by atoms with Gasteiger partial charge in [0, 0.05) is 6.54 Å². The highest BCUT2D eigenvalue weighted by molar-refractivity contribution is 6.33. The Hall–Kier alpha value is -1.94. The lowest BCUT2D eigenvalue weighted by atomic mass is 10.1. The van der Waals surface area contributed by atoms with Crippen molar-refractivity contribution < 1.29 is 4.74 Å². The van der Waals surface area contributed by atoms with Gasteiger partial charge in [-0.15, -0.1) is 0 Å². The van der Waals surface area contributed by atoms with Gasteiger partial charge in [-0.3, -0.25) is 0 Å². The Morgan fingerprint density at radius 3 is 2.95 bits per heavy atom. The monoisotopic (exact) mass is 277 g/mol. The lowest BCUT2D eigenvalue weighted by Crippen LogP contribution is -2.07. The molecule has 0 unspecified atom stereocenters. The predicted molar refractivity (Wildman–Crippen MR) is 78.8 cm³/mol. The van der Waals surface area contributed by atoms with E-state index in [2.05, 4.69) is 16.4 Å². The third kappa shape index (κ3) is 3.76. The van der Waals surface area contributed by atoms with Gasteiger partial charge in [-0.25, -0.2) is 4.98 Å². The summed E-state index contributed by atoms with van der Waals surface area (Å²) < 4.78 is 5.18. The maximum Gasteiger partial charge on any atom is 0.144 e. The smallest absolute Gasteiger partial charge is 0.144 e. The van der Waals surface area contributed by atoms with E-state index in [-0.39, 0.29) is 0 Å². The molecule has 0 aliphatic rings. The number of benzene rings is 1. The van der Waals surface area contributed by atoms with Crippen LogP contribution in [0, 0.1) is 0 Å². The number of hydrogen-bond acceptors (Lipinski definition) is 4. The minimum Gasteiger partial charge on any atom is -0.497 e. The zero-order valence-corrected chi connectivity index (χ0v) is 11.4. The molecule has 1 aromatic carbocycles. The molecule has 5 heteroatoms. The molecule has 0 amide bonds. The Balaban J connectivity index is 1.92. The first-order valence-corrected chi connectivity index (χ1v) is 6.34. The molecule has 0 saturated carbocycles. The number of rotatable bonds is 5. The van der Waals surface area contributed by atoms with Crippen molar-refractivity contribution in [1.29, 1.82) is 0 Å². The highest BCUT2D eigenvalue weighted by Crippen LogP contribution is 2.21. The molecule has 1 heterocycles. The Labute approximate surface area is 117 Å². The minimum absolute atomic E-state index is 0.533. The lowest BCUT2D eigenvalue weighted by Gasteiger charge is -2.08. The highest BCUT2D eigenvalue weighted by Gasteiger charge is 2.02. The van der Waals surface area contributed by atoms with Crippen molar-refractivity contribution in [3.8, 4) is 5.75 Å². The number of pyridine rings is 1. The minimum atomic E-state index is 0.533. The van der Waals surface area contributed by atoms with Crippen LogP contribution in [0.4, 0.5) is 11.5 Å². The molecule has 0 spiro atoms. The second kappa shape index (κ2) is 6.29. The summed E-state index contributed by atoms with van der Waals surface area (Å²) in [6.45, 7) is 0.740. The van der Waals surface area contributed by atoms with Gasteiger partial charge in [-0.05, 0) is 30.2 Å². The SMILES string of the molecule is COc1cccc(CCNc2ncc(N)cc2Cl)c1. The summed E-state index contributed by atoms with van der Waals surface area (Å²) in [5.41, 5.74) is 7.34. The molecule has 2 rings (SSSR count). The van der Waals surface area contributed by atoms with Crippen molar-refractivity contribution >= 4 is 23.1 Å². The standard InChI is InChI=1S/C14H16ClN3O/c1-19-12-4-2-3-10(7-12)5-6-17-14-13(15)8-11(16)9-18-14/h2-4,7-9H,5-6,16H2,1H3,(H,17,18). The van der Waals surface area contributed by atoms with Gasteiger partial charge in [-0.2, -0.15) is 0 Å². The second-order valence-electron chi connectivity index (χ2n) is 4.13. The zero-order chi connectivity index (χ0) is 13.7. The van der Waals surface area contributed by atoms with Gasteiger partial charge in [0.25, 0.3) is 0 Å². The summed E-state index contributed by atoms with van der Waals surface area (Å²) in [6.07, 6.45) is 2.44. The van der Waals surface area contributed by atoms with Crippen LogP contribution >= 0.6 is 11.6 Å². The van der Waals surface area contributed by atoms with Crippen molar-refractivity contribution in [2.24, 2.45) is 0 Å². The average Bonchev–Trinajstić information content (AvgIpc) is 2.41. The number of halogens is 1. The topological polar surface area (TPSA) is 60.2 Å². The third-order valence-electron chi connectivity index (χ3n) is 2.70. The molecule has 4 nitrogen and oxygen atoms in total. The van der Waals surface area contributed by atoms with Gasteiger partial charge >= 0.3 is 0 Å². The van der Waals surface area contributed by atoms with E-state index < -0.39 is 0 Å². The molecule has 0 aliphatic carbocycles. The van der Waals surface area contributed by atoms with E-state index >= 15 is 0 Å². The predicted octanol–water partition coefficient (Wildman–Crippen LogP) is 2.98. The van der Waals surface area contributed by atoms with Gasteiger partial charge < -0.3 is 15.8 Å². The molecular formula is C14H16ClN3O. The molecule has 0 fully saturated rings. The molecule has 0 bridgehead atoms. The van der Waals surface area contributed by atoms with Crippen molar-refractivity contribution in [3.05, 3.63) is 47.1 Å². The van der Waals surface area contributed by atoms with Gasteiger partial charge in [-0.1, -0.05) is 23.7 Å². The molecule has 0 radical (unpaired) electrons. The van der Waals surface area contributed by atoms with E-state index in [0.717, 1.165) is 18.7 Å². The second-order valence-corrected chi connectivity index (χ2v) is 4.53. The Morgan fingerprint density at radius 1 is 1.37 bits per heavy atom. The van der Waals surface area contributed by atoms with Crippen LogP contribution in [0.25, 0.3) is 0 Å². The Kier molecular flexibility index (Phi) is 4.47. The van der Waals surface area contributed by atoms with Gasteiger partial charge in [0.2, 0.25) is 0 Å². The zero-order valence-electron chi connectivity index (χ0n) is 10.7. The van der Waals surface area contributed by atoms with E-state index in [1.165, 1.54) is 5.56 Å². The van der Waals surface area contributed by atoms with Crippen molar-refractivity contribution in [2.45, 2.75) is 6.42 Å². The van der Waals surface area contributed by atoms with Gasteiger partial charge in [0.1, 0.15) is 11.6 Å². The number of ether oxygens (including phenoxy) is 1. The van der Waals surface area contributed by atoms with Crippen LogP contribution in [0.5, 0.6) is 5.75 Å². The van der Waals surface area contributed by atoms with E-state index in [1.54, 1.807) is 19.4 Å². The van der Waals surface area contributed by atoms with Crippen molar-refractivity contribution in [2.75, 3.05) is 24.7 Å². The van der Waals surface area contributed by atoms with Crippen LogP contribution in [0.15, 0.2) is 36.5 Å². The van der Waals surface area contributed by atoms with Gasteiger partial charge in [0.15, 0.2) is 0 Å². The van der Waals surface area contributed by atoms with Crippen LogP contribution in [-0.2, 0) is 6.42 Å². The summed E-state index contributed by atoms with van der Waals surface area (Å²) in [5.74, 6) is 1.51. The first kappa shape index (κ1) is 13.5. The van der Waals surface area contributed by atoms with E-state index in [4.69, 9.17) is 22.1 Å². The molecule has 3 N–H and O–H groups in total. The summed E-state index contributed by atoms with van der Waals surface area (Å²) >= 11 is 6.03. The van der Waals surface area contributed by atoms with E-state index in [9.17, 15) is 0 Å². The number of nitrogens with two attached hydrogens (primary N) is 1. The first-order chi connectivity index (χ1) is 9.19. The lowest BCUT2D eigenvalue weighted by molar-refractivity contribution is 0.414. The van der Waals surface area contributed by atoms with Crippen LogP contribution in [-0.4, -0.2) is 18.6 Å². The fourth-order valence-corrected chi connectivity index (χ4v) is 1.98. The van der Waals surface area contributed by atoms with Crippen molar-refractivity contribution in [1.82, 2.24) is 4.98 Å². The summed E-state index contributed by atoms with van der Waals surface area (Å²) in [7, 11) is 1.66. The molecule has 2 aromatic rings. The number of methoxy groups -OCH3 is 1. The first-order valence-electron chi connectivity index (χ1n) is 5.97. The van der Waals surface area contributed by atoms with E-state index in [1.807, 2.05) is 18.2 Å². The Morgan fingerprint density at radius 2 is 2.21 bits per heavy atom. The Bertz CT molecular complexity index is 560. The van der Waals surface area contributed by atoms with Crippen LogP contribution in [0.1, 0.15) is 5.56 Å². The largest absolute Gasteiger partial charge is 0.497 e. The fraction of sp³-hybridized carbons (Fsp3) is 0.214. The fourth-order valence-electron chi connectivity index (χ4n) is 1.74. The molecule has 0 atom stereocenters. The van der Waals surface area contributed by atoms with Crippen LogP contribution in [0.3, 0.4) is 0 Å². The summed E-state index contributed by atoms with van der Waals surface area (Å²) in [6, 6.07) is 9.66. The summed E-state index contributed by atoms with van der Waals surface area (Å²) in [5, 5.41) is 3.72. The normalized spacial score (nSPS) is 10.2. The number of nitrogens with zero attached hydrogens (tertiary/aromatic N) is 1. The highest BCUT2D eigenvalue weighted by atomic mass is 35.5. The molecule has 1 aromatic heterocycles. The van der Waals surface area contributed by atoms with Crippen LogP contribution in [0.2, 0.25) is 5.02 Å². The molecule has 0 aliphatic heterocycles. The molecule has 100 valence electrons. The number of aromatic nitrogens is 1. The van der Waals surface area contributed by atoms with Crippen LogP contribution < -0.4 is 15.8 Å². The maximum atomic E-state index is 6.03.